The van der Waals surface area contributed by atoms with Crippen LogP contribution in [-0.2, 0) is 6.67 Å². The molecular formula is C24H23FN2O2. The van der Waals surface area contributed by atoms with Gasteiger partial charge in [0.05, 0.1) is 11.6 Å². The van der Waals surface area contributed by atoms with Gasteiger partial charge >= 0.3 is 0 Å². The van der Waals surface area contributed by atoms with E-state index in [-0.39, 0.29) is 0 Å². The molecule has 148 valence electrons. The topological polar surface area (TPSA) is 47.6 Å². The number of rotatable bonds is 5. The first-order valence-electron chi connectivity index (χ1n) is 9.72. The lowest BCUT2D eigenvalue weighted by atomic mass is 9.91. The summed E-state index contributed by atoms with van der Waals surface area (Å²) in [5, 5.41) is 0.779. The Morgan fingerprint density at radius 3 is 2.83 bits per heavy atom. The molecule has 0 fully saturated rings. The quantitative estimate of drug-likeness (QED) is 0.470. The molecule has 0 saturated heterocycles. The lowest BCUT2D eigenvalue weighted by molar-refractivity contribution is 0.459. The number of furan rings is 1. The van der Waals surface area contributed by atoms with E-state index in [1.165, 1.54) is 11.1 Å². The maximum absolute atomic E-state index is 14.0. The summed E-state index contributed by atoms with van der Waals surface area (Å²) in [4.78, 5) is 8.89. The van der Waals surface area contributed by atoms with Crippen molar-refractivity contribution >= 4 is 22.3 Å². The van der Waals surface area contributed by atoms with E-state index in [1.807, 2.05) is 25.3 Å². The minimum Gasteiger partial charge on any atom is -0.464 e. The SMILES string of the molecule is CCC1=CN=C(C)C(c2ccc(Oc3nccc4occc34)cc2CF)=C(C)C1. The standard InChI is InChI=1S/C24H23FN2O2/c1-4-17-11-15(2)23(16(3)27-14-17)20-6-5-19(12-18(20)13-25)29-24-21-8-10-28-22(21)7-9-26-24/h5-10,12,14H,4,11,13H2,1-3H3. The highest BCUT2D eigenvalue weighted by atomic mass is 19.1. The number of hydrogen-bond acceptors (Lipinski definition) is 4. The molecular weight excluding hydrogens is 367 g/mol. The van der Waals surface area contributed by atoms with Crippen LogP contribution in [0.1, 0.15) is 44.7 Å². The molecule has 1 aliphatic heterocycles. The maximum Gasteiger partial charge on any atom is 0.230 e. The minimum absolute atomic E-state index is 0.438. The van der Waals surface area contributed by atoms with E-state index in [0.717, 1.165) is 35.1 Å². The van der Waals surface area contributed by atoms with E-state index in [9.17, 15) is 4.39 Å². The number of ether oxygens (including phenoxy) is 1. The molecule has 5 heteroatoms. The predicted octanol–water partition coefficient (Wildman–Crippen LogP) is 7.02. The van der Waals surface area contributed by atoms with Crippen molar-refractivity contribution in [1.29, 1.82) is 0 Å². The van der Waals surface area contributed by atoms with Gasteiger partial charge in [0.1, 0.15) is 18.0 Å². The summed E-state index contributed by atoms with van der Waals surface area (Å²) >= 11 is 0. The molecule has 1 aliphatic rings. The fourth-order valence-electron chi connectivity index (χ4n) is 3.73. The first kappa shape index (κ1) is 19.1. The van der Waals surface area contributed by atoms with Gasteiger partial charge in [0, 0.05) is 23.7 Å². The number of aromatic nitrogens is 1. The second-order valence-corrected chi connectivity index (χ2v) is 7.19. The second kappa shape index (κ2) is 8.03. The zero-order chi connectivity index (χ0) is 20.4. The summed E-state index contributed by atoms with van der Waals surface area (Å²) in [7, 11) is 0. The number of benzene rings is 1. The van der Waals surface area contributed by atoms with Crippen molar-refractivity contribution in [2.24, 2.45) is 4.99 Å². The van der Waals surface area contributed by atoms with E-state index in [0.29, 0.717) is 22.8 Å². The molecule has 0 saturated carbocycles. The van der Waals surface area contributed by atoms with Crippen molar-refractivity contribution in [3.63, 3.8) is 0 Å². The number of halogens is 1. The van der Waals surface area contributed by atoms with Gasteiger partial charge in [-0.25, -0.2) is 9.37 Å². The number of fused-ring (bicyclic) bond motifs is 1. The Hall–Kier alpha value is -3.21. The molecule has 29 heavy (non-hydrogen) atoms. The summed E-state index contributed by atoms with van der Waals surface area (Å²) in [6, 6.07) is 9.08. The van der Waals surface area contributed by atoms with Gasteiger partial charge in [-0.05, 0) is 67.7 Å². The van der Waals surface area contributed by atoms with Crippen LogP contribution in [0, 0.1) is 0 Å². The largest absolute Gasteiger partial charge is 0.464 e. The normalized spacial score (nSPS) is 14.6. The molecule has 3 heterocycles. The number of allylic oxidation sites excluding steroid dienone is 3. The lowest BCUT2D eigenvalue weighted by Gasteiger charge is -2.16. The van der Waals surface area contributed by atoms with Crippen LogP contribution < -0.4 is 4.74 Å². The van der Waals surface area contributed by atoms with Crippen LogP contribution in [-0.4, -0.2) is 10.7 Å². The highest BCUT2D eigenvalue weighted by Gasteiger charge is 2.18. The molecule has 0 atom stereocenters. The van der Waals surface area contributed by atoms with Crippen LogP contribution in [0.3, 0.4) is 0 Å². The summed E-state index contributed by atoms with van der Waals surface area (Å²) in [5.41, 5.74) is 6.52. The second-order valence-electron chi connectivity index (χ2n) is 7.19. The number of aliphatic imine (C=N–C) groups is 1. The van der Waals surface area contributed by atoms with E-state index >= 15 is 0 Å². The molecule has 1 aromatic carbocycles. The van der Waals surface area contributed by atoms with E-state index in [2.05, 4.69) is 23.8 Å². The summed E-state index contributed by atoms with van der Waals surface area (Å²) in [6.45, 7) is 5.61. The lowest BCUT2D eigenvalue weighted by Crippen LogP contribution is -2.03. The molecule has 0 amide bonds. The number of nitrogens with zero attached hydrogens (tertiary/aromatic N) is 2. The molecule has 0 N–H and O–H groups in total. The average molecular weight is 390 g/mol. The Morgan fingerprint density at radius 1 is 1.17 bits per heavy atom. The third-order valence-corrected chi connectivity index (χ3v) is 5.22. The van der Waals surface area contributed by atoms with Gasteiger partial charge in [0.15, 0.2) is 0 Å². The van der Waals surface area contributed by atoms with Gasteiger partial charge < -0.3 is 9.15 Å². The molecule has 0 spiro atoms. The Bertz CT molecular complexity index is 1150. The third kappa shape index (κ3) is 3.73. The fourth-order valence-corrected chi connectivity index (χ4v) is 3.73. The molecule has 2 aromatic heterocycles. The minimum atomic E-state index is -0.589. The van der Waals surface area contributed by atoms with Crippen LogP contribution in [0.2, 0.25) is 0 Å². The molecule has 4 nitrogen and oxygen atoms in total. The smallest absolute Gasteiger partial charge is 0.230 e. The zero-order valence-electron chi connectivity index (χ0n) is 16.8. The van der Waals surface area contributed by atoms with Crippen LogP contribution >= 0.6 is 0 Å². The van der Waals surface area contributed by atoms with Crippen molar-refractivity contribution in [3.05, 3.63) is 71.3 Å². The molecule has 4 rings (SSSR count). The van der Waals surface area contributed by atoms with Gasteiger partial charge in [-0.3, -0.25) is 4.99 Å². The number of alkyl halides is 1. The van der Waals surface area contributed by atoms with E-state index < -0.39 is 6.67 Å². The van der Waals surface area contributed by atoms with Crippen LogP contribution in [0.25, 0.3) is 16.5 Å². The first-order chi connectivity index (χ1) is 14.1. The van der Waals surface area contributed by atoms with Crippen molar-refractivity contribution in [3.8, 4) is 11.6 Å². The van der Waals surface area contributed by atoms with Gasteiger partial charge in [0.25, 0.3) is 0 Å². The van der Waals surface area contributed by atoms with E-state index in [1.54, 1.807) is 30.7 Å². The Morgan fingerprint density at radius 2 is 2.03 bits per heavy atom. The average Bonchev–Trinajstić information content (AvgIpc) is 3.16. The maximum atomic E-state index is 14.0. The molecule has 3 aromatic rings. The first-order valence-corrected chi connectivity index (χ1v) is 9.72. The Balaban J connectivity index is 1.71. The van der Waals surface area contributed by atoms with E-state index in [4.69, 9.17) is 9.15 Å². The highest BCUT2D eigenvalue weighted by Crippen LogP contribution is 2.34. The fraction of sp³-hybridized carbons (Fsp3) is 0.250. The number of hydrogen-bond donors (Lipinski definition) is 0. The monoisotopic (exact) mass is 390 g/mol. The Labute approximate surface area is 169 Å². The third-order valence-electron chi connectivity index (χ3n) is 5.22. The van der Waals surface area contributed by atoms with Crippen LogP contribution in [0.5, 0.6) is 11.6 Å². The van der Waals surface area contributed by atoms with Crippen LogP contribution in [0.4, 0.5) is 4.39 Å². The highest BCUT2D eigenvalue weighted by molar-refractivity contribution is 6.24. The molecule has 0 radical (unpaired) electrons. The predicted molar refractivity (Wildman–Crippen MR) is 114 cm³/mol. The zero-order valence-corrected chi connectivity index (χ0v) is 16.8. The Kier molecular flexibility index (Phi) is 5.30. The van der Waals surface area contributed by atoms with Gasteiger partial charge in [-0.15, -0.1) is 0 Å². The van der Waals surface area contributed by atoms with Gasteiger partial charge in [-0.1, -0.05) is 18.6 Å². The van der Waals surface area contributed by atoms with Crippen molar-refractivity contribution in [2.75, 3.05) is 0 Å². The van der Waals surface area contributed by atoms with Gasteiger partial charge in [0.2, 0.25) is 5.88 Å². The molecule has 0 aliphatic carbocycles. The summed E-state index contributed by atoms with van der Waals surface area (Å²) < 4.78 is 25.3. The van der Waals surface area contributed by atoms with Crippen LogP contribution in [0.15, 0.2) is 69.5 Å². The van der Waals surface area contributed by atoms with Crippen molar-refractivity contribution in [1.82, 2.24) is 4.98 Å². The number of pyridine rings is 1. The van der Waals surface area contributed by atoms with Crippen molar-refractivity contribution < 1.29 is 13.5 Å². The molecule has 0 unspecified atom stereocenters. The summed E-state index contributed by atoms with van der Waals surface area (Å²) in [5.74, 6) is 0.977. The molecule has 0 bridgehead atoms. The van der Waals surface area contributed by atoms with Gasteiger partial charge in [-0.2, -0.15) is 0 Å². The van der Waals surface area contributed by atoms with Crippen molar-refractivity contribution in [2.45, 2.75) is 40.3 Å². The summed E-state index contributed by atoms with van der Waals surface area (Å²) in [6.07, 6.45) is 6.97.